The summed E-state index contributed by atoms with van der Waals surface area (Å²) in [6.07, 6.45) is 2.33. The molecule has 2 rings (SSSR count). The summed E-state index contributed by atoms with van der Waals surface area (Å²) in [5.74, 6) is -1.59. The van der Waals surface area contributed by atoms with Crippen LogP contribution in [0.1, 0.15) is 38.8 Å². The average molecular weight is 455 g/mol. The Morgan fingerprint density at radius 1 is 1.16 bits per heavy atom. The highest BCUT2D eigenvalue weighted by molar-refractivity contribution is 6.30. The molecule has 1 aromatic rings. The fourth-order valence-corrected chi connectivity index (χ4v) is 3.48. The second-order valence-electron chi connectivity index (χ2n) is 6.49. The third kappa shape index (κ3) is 6.04. The van der Waals surface area contributed by atoms with Gasteiger partial charge in [0.05, 0.1) is 26.4 Å². The highest BCUT2D eigenvalue weighted by Gasteiger charge is 2.41. The van der Waals surface area contributed by atoms with Crippen molar-refractivity contribution in [2.45, 2.75) is 33.2 Å². The van der Waals surface area contributed by atoms with Crippen molar-refractivity contribution in [1.82, 2.24) is 10.6 Å². The van der Waals surface area contributed by atoms with Gasteiger partial charge in [0.25, 0.3) is 0 Å². The van der Waals surface area contributed by atoms with Crippen LogP contribution in [0.3, 0.4) is 0 Å². The molecule has 2 amide bonds. The molecule has 0 unspecified atom stereocenters. The molecular weight excluding hydrogens is 428 g/mol. The van der Waals surface area contributed by atoms with Crippen LogP contribution in [-0.4, -0.2) is 44.9 Å². The second-order valence-corrected chi connectivity index (χ2v) is 6.93. The van der Waals surface area contributed by atoms with E-state index in [-0.39, 0.29) is 31.3 Å². The Kier molecular flexibility index (Phi) is 8.99. The van der Waals surface area contributed by atoms with E-state index in [4.69, 9.17) is 30.5 Å². The molecule has 0 radical (unpaired) electrons. The SMILES string of the molecule is CC/C=C1/NC(=O)N[C@@H](c2cc(Cl)cc(OC)c2OCC(=O)OCC)[C@@H]1C(=O)OCC. The lowest BCUT2D eigenvalue weighted by Gasteiger charge is -2.34. The first-order valence-corrected chi connectivity index (χ1v) is 10.3. The summed E-state index contributed by atoms with van der Waals surface area (Å²) in [5, 5.41) is 5.71. The molecule has 0 aromatic heterocycles. The normalized spacial score (nSPS) is 19.3. The third-order valence-electron chi connectivity index (χ3n) is 4.42. The largest absolute Gasteiger partial charge is 0.493 e. The molecule has 0 bridgehead atoms. The smallest absolute Gasteiger partial charge is 0.344 e. The molecule has 1 saturated heterocycles. The van der Waals surface area contributed by atoms with Crippen LogP contribution in [0.15, 0.2) is 23.9 Å². The van der Waals surface area contributed by atoms with Crippen molar-refractivity contribution in [1.29, 1.82) is 0 Å². The number of carbonyl (C=O) groups is 3. The highest BCUT2D eigenvalue weighted by Crippen LogP contribution is 2.42. The summed E-state index contributed by atoms with van der Waals surface area (Å²) < 4.78 is 21.2. The molecule has 1 heterocycles. The molecule has 1 aliphatic rings. The molecule has 170 valence electrons. The quantitative estimate of drug-likeness (QED) is 0.551. The van der Waals surface area contributed by atoms with E-state index in [0.29, 0.717) is 22.7 Å². The first-order valence-electron chi connectivity index (χ1n) is 9.96. The number of amides is 2. The van der Waals surface area contributed by atoms with Gasteiger partial charge in [-0.3, -0.25) is 4.79 Å². The van der Waals surface area contributed by atoms with E-state index in [9.17, 15) is 14.4 Å². The molecule has 9 nitrogen and oxygen atoms in total. The zero-order valence-corrected chi connectivity index (χ0v) is 18.7. The van der Waals surface area contributed by atoms with Crippen molar-refractivity contribution in [2.75, 3.05) is 26.9 Å². The van der Waals surface area contributed by atoms with Crippen molar-refractivity contribution >= 4 is 29.6 Å². The second kappa shape index (κ2) is 11.5. The van der Waals surface area contributed by atoms with Gasteiger partial charge in [0.15, 0.2) is 18.1 Å². The Morgan fingerprint density at radius 2 is 1.87 bits per heavy atom. The lowest BCUT2D eigenvalue weighted by atomic mass is 9.87. The van der Waals surface area contributed by atoms with Crippen LogP contribution < -0.4 is 20.1 Å². The van der Waals surface area contributed by atoms with Crippen molar-refractivity contribution in [3.05, 3.63) is 34.5 Å². The molecule has 0 aliphatic carbocycles. The Hall–Kier alpha value is -2.94. The van der Waals surface area contributed by atoms with Crippen LogP contribution in [0.4, 0.5) is 4.79 Å². The average Bonchev–Trinajstić information content (AvgIpc) is 2.72. The van der Waals surface area contributed by atoms with E-state index < -0.39 is 29.9 Å². The Bertz CT molecular complexity index is 856. The Labute approximate surface area is 186 Å². The molecule has 31 heavy (non-hydrogen) atoms. The molecule has 0 saturated carbocycles. The van der Waals surface area contributed by atoms with E-state index in [0.717, 1.165) is 0 Å². The van der Waals surface area contributed by atoms with Crippen molar-refractivity contribution in [3.8, 4) is 11.5 Å². The summed E-state index contributed by atoms with van der Waals surface area (Å²) in [5.41, 5.74) is 0.772. The number of esters is 2. The van der Waals surface area contributed by atoms with E-state index >= 15 is 0 Å². The molecule has 0 spiro atoms. The lowest BCUT2D eigenvalue weighted by molar-refractivity contribution is -0.148. The predicted molar refractivity (Wildman–Crippen MR) is 113 cm³/mol. The van der Waals surface area contributed by atoms with Crippen LogP contribution in [0.2, 0.25) is 5.02 Å². The molecule has 10 heteroatoms. The molecular formula is C21H27ClN2O7. The van der Waals surface area contributed by atoms with Crippen molar-refractivity contribution in [2.24, 2.45) is 5.92 Å². The number of nitrogens with one attached hydrogen (secondary N) is 2. The third-order valence-corrected chi connectivity index (χ3v) is 4.64. The minimum atomic E-state index is -0.884. The van der Waals surface area contributed by atoms with Gasteiger partial charge in [-0.15, -0.1) is 0 Å². The summed E-state index contributed by atoms with van der Waals surface area (Å²) >= 11 is 6.27. The number of rotatable bonds is 9. The summed E-state index contributed by atoms with van der Waals surface area (Å²) in [6.45, 7) is 5.24. The number of benzene rings is 1. The molecule has 1 aromatic carbocycles. The minimum absolute atomic E-state index is 0.164. The van der Waals surface area contributed by atoms with Crippen LogP contribution in [-0.2, 0) is 19.1 Å². The molecule has 2 atom stereocenters. The van der Waals surface area contributed by atoms with Gasteiger partial charge in [0.2, 0.25) is 0 Å². The fraction of sp³-hybridized carbons (Fsp3) is 0.476. The first-order chi connectivity index (χ1) is 14.9. The maximum absolute atomic E-state index is 12.8. The van der Waals surface area contributed by atoms with E-state index in [1.54, 1.807) is 26.0 Å². The fourth-order valence-electron chi connectivity index (χ4n) is 3.26. The molecule has 1 fully saturated rings. The van der Waals surface area contributed by atoms with Crippen LogP contribution in [0.25, 0.3) is 0 Å². The Balaban J connectivity index is 2.58. The topological polar surface area (TPSA) is 112 Å². The first kappa shape index (κ1) is 24.3. The van der Waals surface area contributed by atoms with Crippen molar-refractivity contribution < 1.29 is 33.3 Å². The van der Waals surface area contributed by atoms with Gasteiger partial charge in [-0.2, -0.15) is 0 Å². The van der Waals surface area contributed by atoms with E-state index in [1.807, 2.05) is 6.92 Å². The maximum Gasteiger partial charge on any atom is 0.344 e. The number of hydrogen-bond acceptors (Lipinski definition) is 7. The number of ether oxygens (including phenoxy) is 4. The minimum Gasteiger partial charge on any atom is -0.493 e. The maximum atomic E-state index is 12.8. The monoisotopic (exact) mass is 454 g/mol. The Morgan fingerprint density at radius 3 is 2.48 bits per heavy atom. The van der Waals surface area contributed by atoms with Gasteiger partial charge < -0.3 is 29.6 Å². The molecule has 1 aliphatic heterocycles. The number of carbonyl (C=O) groups excluding carboxylic acids is 3. The number of halogens is 1. The zero-order chi connectivity index (χ0) is 23.0. The predicted octanol–water partition coefficient (Wildman–Crippen LogP) is 3.12. The number of methoxy groups -OCH3 is 1. The van der Waals surface area contributed by atoms with E-state index in [1.165, 1.54) is 13.2 Å². The van der Waals surface area contributed by atoms with Crippen molar-refractivity contribution in [3.63, 3.8) is 0 Å². The molecule has 2 N–H and O–H groups in total. The highest BCUT2D eigenvalue weighted by atomic mass is 35.5. The van der Waals surface area contributed by atoms with Gasteiger partial charge in [-0.25, -0.2) is 9.59 Å². The lowest BCUT2D eigenvalue weighted by Crippen LogP contribution is -2.51. The van der Waals surface area contributed by atoms with Crippen LogP contribution >= 0.6 is 11.6 Å². The standard InChI is InChI=1S/C21H27ClN2O7/c1-5-8-14-17(20(26)30-7-3)18(24-21(27)23-14)13-9-12(22)10-15(28-4)19(13)31-11-16(25)29-6-2/h8-10,17-18H,5-7,11H2,1-4H3,(H2,23,24,27)/b14-8+/t17-,18+/m1/s1. The van der Waals surface area contributed by atoms with Gasteiger partial charge in [0.1, 0.15) is 5.92 Å². The van der Waals surface area contributed by atoms with Gasteiger partial charge in [0, 0.05) is 22.3 Å². The van der Waals surface area contributed by atoms with Gasteiger partial charge in [-0.1, -0.05) is 24.6 Å². The number of allylic oxidation sites excluding steroid dienone is 1. The summed E-state index contributed by atoms with van der Waals surface area (Å²) in [7, 11) is 1.42. The van der Waals surface area contributed by atoms with Crippen LogP contribution in [0.5, 0.6) is 11.5 Å². The summed E-state index contributed by atoms with van der Waals surface area (Å²) in [4.78, 5) is 37.0. The zero-order valence-electron chi connectivity index (χ0n) is 18.0. The number of hydrogen-bond donors (Lipinski definition) is 2. The summed E-state index contributed by atoms with van der Waals surface area (Å²) in [6, 6.07) is 1.68. The van der Waals surface area contributed by atoms with Crippen LogP contribution in [0, 0.1) is 5.92 Å². The van der Waals surface area contributed by atoms with Gasteiger partial charge >= 0.3 is 18.0 Å². The number of urea groups is 1. The van der Waals surface area contributed by atoms with E-state index in [2.05, 4.69) is 10.6 Å². The van der Waals surface area contributed by atoms with Gasteiger partial charge in [-0.05, 0) is 26.3 Å².